The van der Waals surface area contributed by atoms with Crippen LogP contribution in [0.15, 0.2) is 60.7 Å². The fourth-order valence-electron chi connectivity index (χ4n) is 6.55. The van der Waals surface area contributed by atoms with Crippen molar-refractivity contribution in [2.45, 2.75) is 42.2 Å². The first-order chi connectivity index (χ1) is 17.8. The Morgan fingerprint density at radius 2 is 1.78 bits per heavy atom. The molecule has 3 aliphatic rings. The molecule has 2 heterocycles. The molecule has 6 rings (SSSR count). The fraction of sp³-hybridized carbons (Fsp3) is 0.414. The summed E-state index contributed by atoms with van der Waals surface area (Å²) in [6, 6.07) is 19.8. The molecule has 3 aromatic rings. The Morgan fingerprint density at radius 3 is 2.49 bits per heavy atom. The molecule has 37 heavy (non-hydrogen) atoms. The van der Waals surface area contributed by atoms with Crippen LogP contribution in [0.1, 0.15) is 36.4 Å². The van der Waals surface area contributed by atoms with E-state index in [0.29, 0.717) is 32.1 Å². The molecule has 2 aliphatic heterocycles. The van der Waals surface area contributed by atoms with Gasteiger partial charge in [0.2, 0.25) is 5.91 Å². The van der Waals surface area contributed by atoms with E-state index in [-0.39, 0.29) is 24.7 Å². The molecule has 3 N–H and O–H groups in total. The number of nitrogens with zero attached hydrogens (tertiary/aromatic N) is 3. The van der Waals surface area contributed by atoms with Crippen LogP contribution in [-0.4, -0.2) is 64.1 Å². The minimum absolute atomic E-state index is 0.0104. The van der Waals surface area contributed by atoms with E-state index in [1.54, 1.807) is 17.0 Å². The van der Waals surface area contributed by atoms with Crippen LogP contribution in [-0.2, 0) is 11.2 Å². The summed E-state index contributed by atoms with van der Waals surface area (Å²) >= 11 is 4.24. The second kappa shape index (κ2) is 9.27. The molecule has 0 radical (unpaired) electrons. The van der Waals surface area contributed by atoms with Gasteiger partial charge < -0.3 is 20.6 Å². The Balaban J connectivity index is 1.25. The number of hydrogen-bond acceptors (Lipinski definition) is 6. The van der Waals surface area contributed by atoms with E-state index in [0.717, 1.165) is 25.2 Å². The largest absolute Gasteiger partial charge is 0.378 e. The van der Waals surface area contributed by atoms with Gasteiger partial charge in [0.1, 0.15) is 16.3 Å². The van der Waals surface area contributed by atoms with Gasteiger partial charge in [-0.25, -0.2) is 4.39 Å². The average Bonchev–Trinajstić information content (AvgIpc) is 3.41. The predicted octanol–water partition coefficient (Wildman–Crippen LogP) is 3.68. The molecular weight excluding hydrogens is 487 g/mol. The van der Waals surface area contributed by atoms with Gasteiger partial charge in [0.15, 0.2) is 0 Å². The minimum Gasteiger partial charge on any atom is -0.378 e. The summed E-state index contributed by atoms with van der Waals surface area (Å²) in [5.74, 6) is -0.234. The Bertz CT molecular complexity index is 1320. The van der Waals surface area contributed by atoms with E-state index in [4.69, 9.17) is 5.73 Å². The van der Waals surface area contributed by atoms with Crippen LogP contribution in [0, 0.1) is 5.82 Å². The lowest BCUT2D eigenvalue weighted by Crippen LogP contribution is -2.57. The third-order valence-electron chi connectivity index (χ3n) is 8.62. The monoisotopic (exact) mass is 520 g/mol. The molecular formula is C29H33FN4O2S. The van der Waals surface area contributed by atoms with E-state index in [1.165, 1.54) is 34.0 Å². The van der Waals surface area contributed by atoms with E-state index < -0.39 is 10.5 Å². The maximum absolute atomic E-state index is 14.0. The van der Waals surface area contributed by atoms with Crippen LogP contribution < -0.4 is 10.6 Å². The average molecular weight is 521 g/mol. The van der Waals surface area contributed by atoms with Gasteiger partial charge in [0.25, 0.3) is 0 Å². The Hall–Kier alpha value is -2.65. The van der Waals surface area contributed by atoms with Gasteiger partial charge in [0.05, 0.1) is 6.67 Å². The van der Waals surface area contributed by atoms with Crippen LogP contribution in [0.3, 0.4) is 0 Å². The Kier molecular flexibility index (Phi) is 6.18. The van der Waals surface area contributed by atoms with E-state index in [9.17, 15) is 14.3 Å². The van der Waals surface area contributed by atoms with Gasteiger partial charge >= 0.3 is 0 Å². The SMILES string of the molecule is NC[C@@](O)(S)CCN1CN(c2ccc(F)cc2)C2(CCN([C@@H]3Cc4cccc5cccc3c45)CC2)C1=O. The van der Waals surface area contributed by atoms with Crippen molar-refractivity contribution in [2.24, 2.45) is 5.73 Å². The molecule has 194 valence electrons. The summed E-state index contributed by atoms with van der Waals surface area (Å²) < 4.78 is 13.7. The van der Waals surface area contributed by atoms with Crippen molar-refractivity contribution in [3.63, 3.8) is 0 Å². The normalized spacial score (nSPS) is 22.8. The van der Waals surface area contributed by atoms with Crippen LogP contribution in [0.4, 0.5) is 10.1 Å². The Labute approximate surface area is 222 Å². The smallest absolute Gasteiger partial charge is 0.250 e. The maximum atomic E-state index is 14.0. The number of carbonyl (C=O) groups is 1. The van der Waals surface area contributed by atoms with Crippen molar-refractivity contribution < 1.29 is 14.3 Å². The van der Waals surface area contributed by atoms with E-state index in [2.05, 4.69) is 58.8 Å². The lowest BCUT2D eigenvalue weighted by Gasteiger charge is -2.45. The first-order valence-electron chi connectivity index (χ1n) is 13.0. The number of aliphatic hydroxyl groups is 1. The molecule has 0 unspecified atom stereocenters. The lowest BCUT2D eigenvalue weighted by molar-refractivity contribution is -0.134. The molecule has 6 nitrogen and oxygen atoms in total. The van der Waals surface area contributed by atoms with Crippen LogP contribution >= 0.6 is 12.6 Å². The summed E-state index contributed by atoms with van der Waals surface area (Å²) in [5, 5.41) is 13.0. The number of thiol groups is 1. The van der Waals surface area contributed by atoms with Crippen molar-refractivity contribution >= 4 is 35.0 Å². The fourth-order valence-corrected chi connectivity index (χ4v) is 6.65. The van der Waals surface area contributed by atoms with Crippen molar-refractivity contribution in [1.82, 2.24) is 9.80 Å². The second-order valence-corrected chi connectivity index (χ2v) is 11.5. The minimum atomic E-state index is -1.32. The predicted molar refractivity (Wildman–Crippen MR) is 147 cm³/mol. The van der Waals surface area contributed by atoms with Gasteiger partial charge in [-0.15, -0.1) is 12.6 Å². The molecule has 0 aromatic heterocycles. The standard InChI is InChI=1S/C29H33FN4O2S/c30-22-7-9-23(10-8-22)34-19-33(16-13-29(36,37)18-31)27(35)28(34)11-14-32(15-12-28)25-17-21-5-1-3-20-4-2-6-24(25)26(20)21/h1-10,25,36-37H,11-19,31H2/t25-,29+/m1/s1. The molecule has 0 saturated carbocycles. The zero-order valence-corrected chi connectivity index (χ0v) is 21.7. The summed E-state index contributed by atoms with van der Waals surface area (Å²) in [4.78, 5) is 19.1. The maximum Gasteiger partial charge on any atom is 0.250 e. The number of hydrogen-bond donors (Lipinski definition) is 3. The van der Waals surface area contributed by atoms with Crippen molar-refractivity contribution in [3.8, 4) is 0 Å². The highest BCUT2D eigenvalue weighted by atomic mass is 32.1. The van der Waals surface area contributed by atoms with Crippen molar-refractivity contribution in [1.29, 1.82) is 0 Å². The van der Waals surface area contributed by atoms with Crippen LogP contribution in [0.25, 0.3) is 10.8 Å². The molecule has 2 fully saturated rings. The summed E-state index contributed by atoms with van der Waals surface area (Å²) in [5.41, 5.74) is 8.57. The molecule has 3 aromatic carbocycles. The third kappa shape index (κ3) is 4.20. The second-order valence-electron chi connectivity index (χ2n) is 10.7. The number of rotatable bonds is 6. The lowest BCUT2D eigenvalue weighted by atomic mass is 9.84. The summed E-state index contributed by atoms with van der Waals surface area (Å²) in [7, 11) is 0. The zero-order valence-electron chi connectivity index (χ0n) is 20.8. The Morgan fingerprint density at radius 1 is 1.08 bits per heavy atom. The van der Waals surface area contributed by atoms with E-state index >= 15 is 0 Å². The number of benzene rings is 3. The third-order valence-corrected chi connectivity index (χ3v) is 9.03. The van der Waals surface area contributed by atoms with Gasteiger partial charge in [0, 0.05) is 44.3 Å². The number of amides is 1. The molecule has 1 aliphatic carbocycles. The van der Waals surface area contributed by atoms with Gasteiger partial charge in [-0.1, -0.05) is 36.4 Å². The molecule has 2 atom stereocenters. The first-order valence-corrected chi connectivity index (χ1v) is 13.5. The number of piperidine rings is 1. The van der Waals surface area contributed by atoms with Gasteiger partial charge in [-0.2, -0.15) is 0 Å². The number of carbonyl (C=O) groups excluding carboxylic acids is 1. The van der Waals surface area contributed by atoms with E-state index in [1.807, 2.05) is 0 Å². The van der Waals surface area contributed by atoms with Crippen molar-refractivity contribution in [3.05, 3.63) is 77.6 Å². The highest BCUT2D eigenvalue weighted by molar-refractivity contribution is 7.81. The van der Waals surface area contributed by atoms with Gasteiger partial charge in [-0.3, -0.25) is 9.69 Å². The van der Waals surface area contributed by atoms with Gasteiger partial charge in [-0.05, 0) is 65.4 Å². The highest BCUT2D eigenvalue weighted by Crippen LogP contribution is 2.45. The molecule has 8 heteroatoms. The first kappa shape index (κ1) is 24.7. The number of likely N-dealkylation sites (tertiary alicyclic amines) is 1. The van der Waals surface area contributed by atoms with Crippen LogP contribution in [0.5, 0.6) is 0 Å². The molecule has 1 spiro atoms. The molecule has 1 amide bonds. The summed E-state index contributed by atoms with van der Waals surface area (Å²) in [6.45, 7) is 2.36. The quantitative estimate of drug-likeness (QED) is 0.342. The number of halogens is 1. The number of nitrogens with two attached hydrogens (primary N) is 1. The highest BCUT2D eigenvalue weighted by Gasteiger charge is 2.54. The summed E-state index contributed by atoms with van der Waals surface area (Å²) in [6.07, 6.45) is 2.64. The van der Waals surface area contributed by atoms with Crippen molar-refractivity contribution in [2.75, 3.05) is 37.7 Å². The number of anilines is 1. The van der Waals surface area contributed by atoms with Crippen LogP contribution in [0.2, 0.25) is 0 Å². The zero-order chi connectivity index (χ0) is 25.8. The molecule has 0 bridgehead atoms. The molecule has 2 saturated heterocycles. The topological polar surface area (TPSA) is 73.0 Å².